The fraction of sp³-hybridized carbons (Fsp3) is 0.214. The van der Waals surface area contributed by atoms with Crippen LogP contribution < -0.4 is 5.32 Å². The molecule has 0 fully saturated rings. The average Bonchev–Trinajstić information content (AvgIpc) is 2.47. The summed E-state index contributed by atoms with van der Waals surface area (Å²) in [6, 6.07) is 9.25. The summed E-state index contributed by atoms with van der Waals surface area (Å²) in [5, 5.41) is 11.5. The van der Waals surface area contributed by atoms with Gasteiger partial charge in [0.15, 0.2) is 0 Å². The van der Waals surface area contributed by atoms with Gasteiger partial charge in [0.1, 0.15) is 5.69 Å². The first-order chi connectivity index (χ1) is 9.90. The molecule has 0 saturated carbocycles. The van der Waals surface area contributed by atoms with Gasteiger partial charge in [0.2, 0.25) is 5.95 Å². The smallest absolute Gasteiger partial charge is 0.348 e. The van der Waals surface area contributed by atoms with E-state index in [-0.39, 0.29) is 12.0 Å². The Morgan fingerprint density at radius 1 is 1.19 bits per heavy atom. The second-order valence-corrected chi connectivity index (χ2v) is 4.36. The predicted molar refractivity (Wildman–Crippen MR) is 70.2 cm³/mol. The first kappa shape index (κ1) is 14.8. The third-order valence-corrected chi connectivity index (χ3v) is 2.83. The highest BCUT2D eigenvalue weighted by atomic mass is 19.4. The van der Waals surface area contributed by atoms with Gasteiger partial charge in [0.05, 0.1) is 17.7 Å². The Morgan fingerprint density at radius 3 is 2.43 bits per heavy atom. The average molecular weight is 292 g/mol. The van der Waals surface area contributed by atoms with Gasteiger partial charge in [-0.05, 0) is 30.7 Å². The molecule has 0 unspecified atom stereocenters. The van der Waals surface area contributed by atoms with Crippen molar-refractivity contribution in [3.8, 4) is 6.07 Å². The van der Waals surface area contributed by atoms with Crippen LogP contribution in [-0.4, -0.2) is 9.97 Å². The quantitative estimate of drug-likeness (QED) is 0.940. The van der Waals surface area contributed by atoms with Crippen molar-refractivity contribution in [3.63, 3.8) is 0 Å². The maximum Gasteiger partial charge on any atom is 0.433 e. The number of rotatable bonds is 3. The summed E-state index contributed by atoms with van der Waals surface area (Å²) in [4.78, 5) is 7.22. The van der Waals surface area contributed by atoms with Crippen molar-refractivity contribution < 1.29 is 13.2 Å². The van der Waals surface area contributed by atoms with Gasteiger partial charge in [-0.1, -0.05) is 12.1 Å². The SMILES string of the molecule is C[C@H](Nc1nccc(C(F)(F)F)n1)c1ccc(C#N)cc1. The second kappa shape index (κ2) is 5.79. The highest BCUT2D eigenvalue weighted by Gasteiger charge is 2.32. The zero-order valence-electron chi connectivity index (χ0n) is 11.0. The van der Waals surface area contributed by atoms with Crippen molar-refractivity contribution in [3.05, 3.63) is 53.3 Å². The van der Waals surface area contributed by atoms with Crippen molar-refractivity contribution in [2.75, 3.05) is 5.32 Å². The molecule has 0 aliphatic carbocycles. The number of aromatic nitrogens is 2. The maximum atomic E-state index is 12.6. The van der Waals surface area contributed by atoms with E-state index in [0.717, 1.165) is 17.8 Å². The molecule has 1 aromatic carbocycles. The molecule has 0 radical (unpaired) electrons. The van der Waals surface area contributed by atoms with E-state index in [1.54, 1.807) is 31.2 Å². The first-order valence-corrected chi connectivity index (χ1v) is 6.07. The number of benzene rings is 1. The molecule has 108 valence electrons. The molecule has 1 aromatic heterocycles. The summed E-state index contributed by atoms with van der Waals surface area (Å²) in [5.41, 5.74) is 0.336. The van der Waals surface area contributed by atoms with Crippen LogP contribution in [0.5, 0.6) is 0 Å². The summed E-state index contributed by atoms with van der Waals surface area (Å²) < 4.78 is 37.7. The number of nitrogens with zero attached hydrogens (tertiary/aromatic N) is 3. The Morgan fingerprint density at radius 2 is 1.86 bits per heavy atom. The fourth-order valence-corrected chi connectivity index (χ4v) is 1.71. The van der Waals surface area contributed by atoms with Gasteiger partial charge >= 0.3 is 6.18 Å². The van der Waals surface area contributed by atoms with Crippen LogP contribution in [0.15, 0.2) is 36.5 Å². The summed E-state index contributed by atoms with van der Waals surface area (Å²) in [6.07, 6.45) is -3.44. The number of nitrogens with one attached hydrogen (secondary N) is 1. The molecule has 0 aliphatic rings. The van der Waals surface area contributed by atoms with Crippen molar-refractivity contribution in [2.24, 2.45) is 0 Å². The lowest BCUT2D eigenvalue weighted by Crippen LogP contribution is -2.13. The van der Waals surface area contributed by atoms with Crippen LogP contribution >= 0.6 is 0 Å². The molecular formula is C14H11F3N4. The van der Waals surface area contributed by atoms with Crippen LogP contribution in [0.2, 0.25) is 0 Å². The van der Waals surface area contributed by atoms with E-state index in [1.165, 1.54) is 0 Å². The summed E-state index contributed by atoms with van der Waals surface area (Å²) in [6.45, 7) is 1.77. The van der Waals surface area contributed by atoms with Gasteiger partial charge in [0, 0.05) is 6.20 Å². The van der Waals surface area contributed by atoms with E-state index in [4.69, 9.17) is 5.26 Å². The normalized spacial score (nSPS) is 12.5. The molecule has 0 saturated heterocycles. The summed E-state index contributed by atoms with van der Waals surface area (Å²) in [5.74, 6) is -0.0957. The third-order valence-electron chi connectivity index (χ3n) is 2.83. The van der Waals surface area contributed by atoms with Crippen molar-refractivity contribution in [1.82, 2.24) is 9.97 Å². The van der Waals surface area contributed by atoms with Crippen LogP contribution in [0.25, 0.3) is 0 Å². The highest BCUT2D eigenvalue weighted by molar-refractivity contribution is 5.36. The van der Waals surface area contributed by atoms with Crippen LogP contribution in [-0.2, 0) is 6.18 Å². The maximum absolute atomic E-state index is 12.6. The van der Waals surface area contributed by atoms with Gasteiger partial charge in [-0.3, -0.25) is 0 Å². The molecule has 21 heavy (non-hydrogen) atoms. The fourth-order valence-electron chi connectivity index (χ4n) is 1.71. The van der Waals surface area contributed by atoms with Gasteiger partial charge in [-0.15, -0.1) is 0 Å². The zero-order valence-corrected chi connectivity index (χ0v) is 11.0. The van der Waals surface area contributed by atoms with Gasteiger partial charge in [-0.2, -0.15) is 18.4 Å². The minimum absolute atomic E-state index is 0.0957. The lowest BCUT2D eigenvalue weighted by Gasteiger charge is -2.15. The minimum Gasteiger partial charge on any atom is -0.348 e. The molecule has 7 heteroatoms. The third kappa shape index (κ3) is 3.69. The topological polar surface area (TPSA) is 61.6 Å². The minimum atomic E-state index is -4.50. The van der Waals surface area contributed by atoms with Crippen LogP contribution in [0.4, 0.5) is 19.1 Å². The van der Waals surface area contributed by atoms with E-state index in [2.05, 4.69) is 15.3 Å². The van der Waals surface area contributed by atoms with Gasteiger partial charge in [-0.25, -0.2) is 9.97 Å². The van der Waals surface area contributed by atoms with Crippen molar-refractivity contribution >= 4 is 5.95 Å². The highest BCUT2D eigenvalue weighted by Crippen LogP contribution is 2.28. The number of hydrogen-bond acceptors (Lipinski definition) is 4. The number of alkyl halides is 3. The summed E-state index contributed by atoms with van der Waals surface area (Å²) in [7, 11) is 0. The Labute approximate surface area is 119 Å². The Kier molecular flexibility index (Phi) is 4.08. The number of hydrogen-bond donors (Lipinski definition) is 1. The van der Waals surface area contributed by atoms with E-state index in [0.29, 0.717) is 5.56 Å². The molecule has 2 rings (SSSR count). The van der Waals surface area contributed by atoms with Crippen LogP contribution in [0.1, 0.15) is 29.8 Å². The number of anilines is 1. The molecule has 1 N–H and O–H groups in total. The van der Waals surface area contributed by atoms with Crippen molar-refractivity contribution in [2.45, 2.75) is 19.1 Å². The Bertz CT molecular complexity index is 659. The molecule has 0 spiro atoms. The van der Waals surface area contributed by atoms with E-state index in [9.17, 15) is 13.2 Å². The van der Waals surface area contributed by atoms with Crippen LogP contribution in [0.3, 0.4) is 0 Å². The molecule has 2 aromatic rings. The van der Waals surface area contributed by atoms with Gasteiger partial charge < -0.3 is 5.32 Å². The molecule has 1 atom stereocenters. The van der Waals surface area contributed by atoms with Crippen molar-refractivity contribution in [1.29, 1.82) is 5.26 Å². The van der Waals surface area contributed by atoms with Gasteiger partial charge in [0.25, 0.3) is 0 Å². The van der Waals surface area contributed by atoms with E-state index < -0.39 is 11.9 Å². The predicted octanol–water partition coefficient (Wildman–Crippen LogP) is 3.54. The Balaban J connectivity index is 2.15. The lowest BCUT2D eigenvalue weighted by molar-refractivity contribution is -0.141. The van der Waals surface area contributed by atoms with Crippen LogP contribution in [0, 0.1) is 11.3 Å². The summed E-state index contributed by atoms with van der Waals surface area (Å²) >= 11 is 0. The Hall–Kier alpha value is -2.62. The lowest BCUT2D eigenvalue weighted by atomic mass is 10.1. The number of nitriles is 1. The second-order valence-electron chi connectivity index (χ2n) is 4.36. The standard InChI is InChI=1S/C14H11F3N4/c1-9(11-4-2-10(8-18)3-5-11)20-13-19-7-6-12(21-13)14(15,16)17/h2-7,9H,1H3,(H,19,20,21)/t9-/m0/s1. The monoisotopic (exact) mass is 292 g/mol. The molecule has 0 bridgehead atoms. The first-order valence-electron chi connectivity index (χ1n) is 6.07. The molecular weight excluding hydrogens is 281 g/mol. The zero-order chi connectivity index (χ0) is 15.5. The molecule has 1 heterocycles. The largest absolute Gasteiger partial charge is 0.433 e. The molecule has 0 amide bonds. The van der Waals surface area contributed by atoms with E-state index >= 15 is 0 Å². The molecule has 4 nitrogen and oxygen atoms in total. The van der Waals surface area contributed by atoms with E-state index in [1.807, 2.05) is 6.07 Å². The number of halogens is 3. The molecule has 0 aliphatic heterocycles.